The number of benzene rings is 1. The molecule has 0 heterocycles. The van der Waals surface area contributed by atoms with Gasteiger partial charge in [0, 0.05) is 12.8 Å². The molecule has 0 unspecified atom stereocenters. The Balaban J connectivity index is 2.48. The number of rotatable bonds is 17. The van der Waals surface area contributed by atoms with E-state index in [-0.39, 0.29) is 19.0 Å². The van der Waals surface area contributed by atoms with E-state index in [2.05, 4.69) is 8.92 Å². The largest absolute Gasteiger partial charge is 0.494 e. The van der Waals surface area contributed by atoms with Crippen LogP contribution in [0.25, 0.3) is 0 Å². The average Bonchev–Trinajstić information content (AvgIpc) is 2.71. The van der Waals surface area contributed by atoms with E-state index >= 15 is 0 Å². The second-order valence-electron chi connectivity index (χ2n) is 6.98. The smallest absolute Gasteiger partial charge is 0.305 e. The zero-order valence-corrected chi connectivity index (χ0v) is 18.9. The maximum Gasteiger partial charge on any atom is 0.305 e. The molecular weight excluding hydrogens is 428 g/mol. The molecule has 0 amide bonds. The van der Waals surface area contributed by atoms with E-state index in [1.165, 1.54) is 7.11 Å². The third-order valence-electron chi connectivity index (χ3n) is 4.26. The van der Waals surface area contributed by atoms with Gasteiger partial charge in [-0.3, -0.25) is 13.8 Å². The number of carboxylic acid groups (broad SMARTS) is 1. The summed E-state index contributed by atoms with van der Waals surface area (Å²) in [5.74, 6) is 0.0711. The molecule has 1 aromatic carbocycles. The quantitative estimate of drug-likeness (QED) is 0.212. The van der Waals surface area contributed by atoms with Gasteiger partial charge in [-0.15, -0.1) is 0 Å². The first-order valence-corrected chi connectivity index (χ1v) is 12.0. The van der Waals surface area contributed by atoms with E-state index in [1.54, 1.807) is 18.2 Å². The summed E-state index contributed by atoms with van der Waals surface area (Å²) in [7, 11) is -2.05. The number of ether oxygens (including phenoxy) is 3. The van der Waals surface area contributed by atoms with Crippen LogP contribution in [-0.4, -0.2) is 58.6 Å². The Kier molecular flexibility index (Phi) is 12.6. The van der Waals surface area contributed by atoms with E-state index < -0.39 is 16.1 Å². The van der Waals surface area contributed by atoms with E-state index in [1.807, 2.05) is 0 Å². The average molecular weight is 461 g/mol. The topological polar surface area (TPSA) is 125 Å². The molecule has 0 radical (unpaired) electrons. The molecule has 10 heteroatoms. The molecule has 0 aliphatic carbocycles. The summed E-state index contributed by atoms with van der Waals surface area (Å²) in [4.78, 5) is 22.1. The van der Waals surface area contributed by atoms with Crippen molar-refractivity contribution in [3.8, 4) is 11.5 Å². The van der Waals surface area contributed by atoms with E-state index in [4.69, 9.17) is 14.6 Å². The van der Waals surface area contributed by atoms with Gasteiger partial charge in [0.2, 0.25) is 0 Å². The predicted molar refractivity (Wildman–Crippen MR) is 114 cm³/mol. The van der Waals surface area contributed by atoms with Crippen LogP contribution < -0.4 is 9.47 Å². The van der Waals surface area contributed by atoms with Gasteiger partial charge in [0.1, 0.15) is 11.5 Å². The van der Waals surface area contributed by atoms with Gasteiger partial charge in [0.05, 0.1) is 33.2 Å². The fraction of sp³-hybridized carbons (Fsp3) is 0.619. The molecule has 0 aromatic heterocycles. The summed E-state index contributed by atoms with van der Waals surface area (Å²) in [6, 6.07) is 5.30. The number of unbranched alkanes of at least 4 members (excludes halogenated alkanes) is 3. The predicted octanol–water partition coefficient (Wildman–Crippen LogP) is 2.95. The molecule has 0 saturated carbocycles. The van der Waals surface area contributed by atoms with Crippen molar-refractivity contribution in [2.24, 2.45) is 0 Å². The Bertz CT molecular complexity index is 790. The second kappa shape index (κ2) is 14.6. The first kappa shape index (κ1) is 26.7. The number of carboxylic acids is 1. The Hall–Kier alpha value is -2.33. The lowest BCUT2D eigenvalue weighted by Gasteiger charge is -2.14. The summed E-state index contributed by atoms with van der Waals surface area (Å²) in [5.41, 5.74) is 0.745. The number of carbonyl (C=O) groups excluding carboxylic acids is 1. The highest BCUT2D eigenvalue weighted by Crippen LogP contribution is 2.26. The van der Waals surface area contributed by atoms with Crippen LogP contribution in [0.4, 0.5) is 0 Å². The van der Waals surface area contributed by atoms with Crippen molar-refractivity contribution in [2.75, 3.05) is 33.2 Å². The minimum Gasteiger partial charge on any atom is -0.494 e. The van der Waals surface area contributed by atoms with Gasteiger partial charge >= 0.3 is 11.9 Å². The van der Waals surface area contributed by atoms with Crippen molar-refractivity contribution in [1.82, 2.24) is 0 Å². The molecule has 1 aromatic rings. The maximum absolute atomic E-state index is 11.1. The molecule has 1 N–H and O–H groups in total. The molecule has 176 valence electrons. The van der Waals surface area contributed by atoms with Crippen LogP contribution in [0.5, 0.6) is 11.5 Å². The number of carbonyl (C=O) groups is 2. The highest BCUT2D eigenvalue weighted by atomic mass is 32.2. The summed E-state index contributed by atoms with van der Waals surface area (Å²) in [6.45, 7) is 1.01. The van der Waals surface area contributed by atoms with Gasteiger partial charge in [-0.2, -0.15) is 8.42 Å². The van der Waals surface area contributed by atoms with Gasteiger partial charge in [-0.1, -0.05) is 0 Å². The van der Waals surface area contributed by atoms with Crippen LogP contribution >= 0.6 is 0 Å². The highest BCUT2D eigenvalue weighted by Gasteiger charge is 2.09. The Labute approximate surface area is 183 Å². The molecule has 0 saturated heterocycles. The van der Waals surface area contributed by atoms with Gasteiger partial charge in [-0.05, 0) is 62.3 Å². The van der Waals surface area contributed by atoms with E-state index in [0.29, 0.717) is 63.2 Å². The number of hydrogen-bond acceptors (Lipinski definition) is 8. The second-order valence-corrected chi connectivity index (χ2v) is 8.62. The summed E-state index contributed by atoms with van der Waals surface area (Å²) >= 11 is 0. The van der Waals surface area contributed by atoms with Crippen LogP contribution in [0.3, 0.4) is 0 Å². The third kappa shape index (κ3) is 13.6. The third-order valence-corrected chi connectivity index (χ3v) is 4.85. The Morgan fingerprint density at radius 1 is 0.935 bits per heavy atom. The summed E-state index contributed by atoms with van der Waals surface area (Å²) in [6.07, 6.45) is 5.06. The van der Waals surface area contributed by atoms with E-state index in [0.717, 1.165) is 18.2 Å². The van der Waals surface area contributed by atoms with Gasteiger partial charge in [0.25, 0.3) is 10.1 Å². The zero-order valence-electron chi connectivity index (χ0n) is 18.1. The minimum absolute atomic E-state index is 0.0260. The van der Waals surface area contributed by atoms with Crippen molar-refractivity contribution in [1.29, 1.82) is 0 Å². The molecule has 0 bridgehead atoms. The standard InChI is InChI=1S/C21H32O9S/c1-27-21(24)8-4-7-13-28-18-10-11-19(17(16-18)9-12-20(22)23)29-14-5-3-6-15-30-31(2,25)26/h10-11,16H,3-9,12-15H2,1-2H3,(H,22,23). The molecule has 0 atom stereocenters. The highest BCUT2D eigenvalue weighted by molar-refractivity contribution is 7.85. The lowest BCUT2D eigenvalue weighted by molar-refractivity contribution is -0.141. The number of esters is 1. The monoisotopic (exact) mass is 460 g/mol. The van der Waals surface area contributed by atoms with Crippen molar-refractivity contribution in [3.63, 3.8) is 0 Å². The van der Waals surface area contributed by atoms with Crippen molar-refractivity contribution in [2.45, 2.75) is 51.4 Å². The molecule has 0 spiro atoms. The number of methoxy groups -OCH3 is 1. The van der Waals surface area contributed by atoms with Gasteiger partial charge in [0.15, 0.2) is 0 Å². The number of aryl methyl sites for hydroxylation is 1. The zero-order chi connectivity index (χ0) is 23.1. The lowest BCUT2D eigenvalue weighted by atomic mass is 10.1. The van der Waals surface area contributed by atoms with Crippen LogP contribution in [0.2, 0.25) is 0 Å². The molecule has 0 aliphatic rings. The summed E-state index contributed by atoms with van der Waals surface area (Å²) < 4.78 is 42.6. The first-order chi connectivity index (χ1) is 14.7. The van der Waals surface area contributed by atoms with Crippen LogP contribution in [0.15, 0.2) is 18.2 Å². The minimum atomic E-state index is -3.41. The fourth-order valence-corrected chi connectivity index (χ4v) is 3.08. The maximum atomic E-state index is 11.1. The SMILES string of the molecule is COC(=O)CCCCOc1ccc(OCCCCCOS(C)(=O)=O)c(CCC(=O)O)c1. The molecule has 9 nitrogen and oxygen atoms in total. The van der Waals surface area contributed by atoms with Crippen LogP contribution in [0.1, 0.15) is 50.5 Å². The lowest BCUT2D eigenvalue weighted by Crippen LogP contribution is -2.06. The van der Waals surface area contributed by atoms with Gasteiger partial charge < -0.3 is 19.3 Å². The van der Waals surface area contributed by atoms with Crippen molar-refractivity contribution >= 4 is 22.1 Å². The van der Waals surface area contributed by atoms with Crippen molar-refractivity contribution < 1.29 is 41.5 Å². The Morgan fingerprint density at radius 3 is 2.29 bits per heavy atom. The summed E-state index contributed by atoms with van der Waals surface area (Å²) in [5, 5.41) is 8.99. The number of aliphatic carboxylic acids is 1. The van der Waals surface area contributed by atoms with Crippen LogP contribution in [-0.2, 0) is 35.0 Å². The normalized spacial score (nSPS) is 11.2. The molecule has 0 fully saturated rings. The Morgan fingerprint density at radius 2 is 1.61 bits per heavy atom. The van der Waals surface area contributed by atoms with E-state index in [9.17, 15) is 18.0 Å². The van der Waals surface area contributed by atoms with Crippen molar-refractivity contribution in [3.05, 3.63) is 23.8 Å². The number of hydrogen-bond donors (Lipinski definition) is 1. The first-order valence-electron chi connectivity index (χ1n) is 10.2. The van der Waals surface area contributed by atoms with Gasteiger partial charge in [-0.25, -0.2) is 0 Å². The molecular formula is C21H32O9S. The molecule has 1 rings (SSSR count). The molecule has 0 aliphatic heterocycles. The van der Waals surface area contributed by atoms with Crippen LogP contribution in [0, 0.1) is 0 Å². The molecule has 31 heavy (non-hydrogen) atoms. The fourth-order valence-electron chi connectivity index (χ4n) is 2.66.